The molecule has 0 bridgehead atoms. The van der Waals surface area contributed by atoms with Crippen LogP contribution in [0.2, 0.25) is 0 Å². The molecule has 0 heterocycles. The summed E-state index contributed by atoms with van der Waals surface area (Å²) in [6.07, 6.45) is 1.93. The molecule has 2 rings (SSSR count). The van der Waals surface area contributed by atoms with Gasteiger partial charge in [0.25, 0.3) is 0 Å². The Morgan fingerprint density at radius 1 is 0.885 bits per heavy atom. The van der Waals surface area contributed by atoms with Gasteiger partial charge >= 0.3 is 5.97 Å². The number of thioether (sulfide) groups is 1. The Morgan fingerprint density at radius 2 is 1.58 bits per heavy atom. The number of benzene rings is 2. The van der Waals surface area contributed by atoms with Crippen molar-refractivity contribution in [3.8, 4) is 17.2 Å². The first-order valence-electron chi connectivity index (χ1n) is 7.68. The Morgan fingerprint density at radius 3 is 2.19 bits per heavy atom. The Kier molecular flexibility index (Phi) is 6.91. The maximum atomic E-state index is 12.3. The predicted molar refractivity (Wildman–Crippen MR) is 98.9 cm³/mol. The van der Waals surface area contributed by atoms with Gasteiger partial charge in [-0.05, 0) is 42.7 Å². The lowest BCUT2D eigenvalue weighted by atomic mass is 10.1. The van der Waals surface area contributed by atoms with Crippen LogP contribution in [-0.4, -0.2) is 45.9 Å². The molecule has 0 fully saturated rings. The summed E-state index contributed by atoms with van der Waals surface area (Å²) >= 11 is 1.53. The summed E-state index contributed by atoms with van der Waals surface area (Å²) in [7, 11) is 4.47. The Bertz CT molecular complexity index is 803. The van der Waals surface area contributed by atoms with Gasteiger partial charge in [0.15, 0.2) is 23.9 Å². The van der Waals surface area contributed by atoms with Crippen molar-refractivity contribution in [2.45, 2.75) is 4.90 Å². The number of ketones is 1. The molecule has 0 saturated carbocycles. The fraction of sp³-hybridized carbons (Fsp3) is 0.263. The van der Waals surface area contributed by atoms with Crippen LogP contribution in [0.3, 0.4) is 0 Å². The van der Waals surface area contributed by atoms with Crippen LogP contribution in [0.25, 0.3) is 0 Å². The van der Waals surface area contributed by atoms with E-state index in [9.17, 15) is 9.59 Å². The summed E-state index contributed by atoms with van der Waals surface area (Å²) in [5.74, 6) is 0.376. The maximum Gasteiger partial charge on any atom is 0.342 e. The number of carbonyl (C=O) groups excluding carboxylic acids is 2. The summed E-state index contributed by atoms with van der Waals surface area (Å²) in [6.45, 7) is -0.387. The van der Waals surface area contributed by atoms with E-state index in [1.54, 1.807) is 36.4 Å². The molecule has 0 aliphatic carbocycles. The SMILES string of the molecule is COc1ccc(C(=O)COC(=O)c2ccc(SC)cc2OC)cc1OC. The number of carbonyl (C=O) groups is 2. The van der Waals surface area contributed by atoms with Crippen LogP contribution >= 0.6 is 11.8 Å². The van der Waals surface area contributed by atoms with Gasteiger partial charge in [0.1, 0.15) is 11.3 Å². The van der Waals surface area contributed by atoms with Crippen molar-refractivity contribution in [3.63, 3.8) is 0 Å². The lowest BCUT2D eigenvalue weighted by molar-refractivity contribution is 0.0471. The predicted octanol–water partition coefficient (Wildman–Crippen LogP) is 3.47. The zero-order valence-corrected chi connectivity index (χ0v) is 15.8. The van der Waals surface area contributed by atoms with E-state index >= 15 is 0 Å². The first kappa shape index (κ1) is 19.7. The molecule has 6 nitrogen and oxygen atoms in total. The van der Waals surface area contributed by atoms with Crippen LogP contribution in [-0.2, 0) is 4.74 Å². The van der Waals surface area contributed by atoms with E-state index in [0.29, 0.717) is 22.8 Å². The lowest BCUT2D eigenvalue weighted by Crippen LogP contribution is -2.15. The molecule has 0 aromatic heterocycles. The number of hydrogen-bond acceptors (Lipinski definition) is 7. The fourth-order valence-electron chi connectivity index (χ4n) is 2.27. The quantitative estimate of drug-likeness (QED) is 0.397. The second-order valence-corrected chi connectivity index (χ2v) is 6.01. The zero-order valence-electron chi connectivity index (χ0n) is 15.0. The van der Waals surface area contributed by atoms with Crippen LogP contribution in [0.5, 0.6) is 17.2 Å². The third-order valence-corrected chi connectivity index (χ3v) is 4.39. The fourth-order valence-corrected chi connectivity index (χ4v) is 2.70. The minimum absolute atomic E-state index is 0.269. The smallest absolute Gasteiger partial charge is 0.342 e. The van der Waals surface area contributed by atoms with Crippen LogP contribution in [0, 0.1) is 0 Å². The van der Waals surface area contributed by atoms with Crippen molar-refractivity contribution in [2.24, 2.45) is 0 Å². The van der Waals surface area contributed by atoms with Gasteiger partial charge in [-0.3, -0.25) is 4.79 Å². The minimum Gasteiger partial charge on any atom is -0.496 e. The van der Waals surface area contributed by atoms with Crippen molar-refractivity contribution in [1.29, 1.82) is 0 Å². The Labute approximate surface area is 156 Å². The molecule has 7 heteroatoms. The molecule has 0 saturated heterocycles. The second-order valence-electron chi connectivity index (χ2n) is 5.14. The number of rotatable bonds is 8. The highest BCUT2D eigenvalue weighted by molar-refractivity contribution is 7.98. The first-order valence-corrected chi connectivity index (χ1v) is 8.90. The highest BCUT2D eigenvalue weighted by atomic mass is 32.2. The molecular weight excluding hydrogens is 356 g/mol. The number of esters is 1. The molecule has 2 aromatic rings. The molecule has 0 aliphatic heterocycles. The van der Waals surface area contributed by atoms with Gasteiger partial charge in [0, 0.05) is 10.5 Å². The van der Waals surface area contributed by atoms with Crippen molar-refractivity contribution < 1.29 is 28.5 Å². The van der Waals surface area contributed by atoms with E-state index in [0.717, 1.165) is 4.90 Å². The van der Waals surface area contributed by atoms with E-state index in [-0.39, 0.29) is 18.0 Å². The Hall–Kier alpha value is -2.67. The highest BCUT2D eigenvalue weighted by Crippen LogP contribution is 2.28. The summed E-state index contributed by atoms with van der Waals surface area (Å²) in [6, 6.07) is 9.91. The third kappa shape index (κ3) is 4.49. The van der Waals surface area contributed by atoms with E-state index in [2.05, 4.69) is 0 Å². The molecule has 0 atom stereocenters. The van der Waals surface area contributed by atoms with Crippen LogP contribution < -0.4 is 14.2 Å². The van der Waals surface area contributed by atoms with E-state index < -0.39 is 5.97 Å². The van der Waals surface area contributed by atoms with Gasteiger partial charge in [0.05, 0.1) is 21.3 Å². The van der Waals surface area contributed by atoms with E-state index in [4.69, 9.17) is 18.9 Å². The molecule has 0 unspecified atom stereocenters. The monoisotopic (exact) mass is 376 g/mol. The topological polar surface area (TPSA) is 71.1 Å². The average Bonchev–Trinajstić information content (AvgIpc) is 2.70. The molecule has 0 radical (unpaired) electrons. The van der Waals surface area contributed by atoms with Crippen molar-refractivity contribution >= 4 is 23.5 Å². The second kappa shape index (κ2) is 9.15. The standard InChI is InChI=1S/C19H20O6S/c1-22-16-8-5-12(9-18(16)24-3)15(20)11-25-19(21)14-7-6-13(26-4)10-17(14)23-2/h5-10H,11H2,1-4H3. The highest BCUT2D eigenvalue weighted by Gasteiger charge is 2.17. The van der Waals surface area contributed by atoms with Crippen molar-refractivity contribution in [1.82, 2.24) is 0 Å². The number of Topliss-reactive ketones (excluding diaryl/α,β-unsaturated/α-hetero) is 1. The maximum absolute atomic E-state index is 12.3. The van der Waals surface area contributed by atoms with Crippen molar-refractivity contribution in [2.75, 3.05) is 34.2 Å². The first-order chi connectivity index (χ1) is 12.5. The molecule has 0 spiro atoms. The Balaban J connectivity index is 2.08. The van der Waals surface area contributed by atoms with Crippen molar-refractivity contribution in [3.05, 3.63) is 47.5 Å². The average molecular weight is 376 g/mol. The summed E-state index contributed by atoms with van der Waals surface area (Å²) in [5, 5.41) is 0. The van der Waals surface area contributed by atoms with Gasteiger partial charge in [-0.2, -0.15) is 0 Å². The molecule has 2 aromatic carbocycles. The number of ether oxygens (including phenoxy) is 4. The van der Waals surface area contributed by atoms with Gasteiger partial charge in [-0.15, -0.1) is 11.8 Å². The summed E-state index contributed by atoms with van der Waals surface area (Å²) in [4.78, 5) is 25.5. The molecule has 26 heavy (non-hydrogen) atoms. The zero-order chi connectivity index (χ0) is 19.1. The van der Waals surface area contributed by atoms with Crippen LogP contribution in [0.15, 0.2) is 41.3 Å². The van der Waals surface area contributed by atoms with Gasteiger partial charge < -0.3 is 18.9 Å². The lowest BCUT2D eigenvalue weighted by Gasteiger charge is -2.11. The molecule has 138 valence electrons. The molecule has 0 amide bonds. The molecule has 0 aliphatic rings. The van der Waals surface area contributed by atoms with Crippen LogP contribution in [0.1, 0.15) is 20.7 Å². The van der Waals surface area contributed by atoms with Gasteiger partial charge in [-0.25, -0.2) is 4.79 Å². The van der Waals surface area contributed by atoms with Crippen LogP contribution in [0.4, 0.5) is 0 Å². The third-order valence-electron chi connectivity index (χ3n) is 3.67. The largest absolute Gasteiger partial charge is 0.496 e. The van der Waals surface area contributed by atoms with E-state index in [1.165, 1.54) is 33.1 Å². The summed E-state index contributed by atoms with van der Waals surface area (Å²) < 4.78 is 20.7. The number of methoxy groups -OCH3 is 3. The van der Waals surface area contributed by atoms with E-state index in [1.807, 2.05) is 6.26 Å². The van der Waals surface area contributed by atoms with Gasteiger partial charge in [-0.1, -0.05) is 0 Å². The molecule has 0 N–H and O–H groups in total. The number of hydrogen-bond donors (Lipinski definition) is 0. The normalized spacial score (nSPS) is 10.2. The minimum atomic E-state index is -0.622. The van der Waals surface area contributed by atoms with Gasteiger partial charge in [0.2, 0.25) is 0 Å². The molecular formula is C19H20O6S. The summed E-state index contributed by atoms with van der Waals surface area (Å²) in [5.41, 5.74) is 0.630.